The predicted molar refractivity (Wildman–Crippen MR) is 137 cm³/mol. The van der Waals surface area contributed by atoms with Gasteiger partial charge in [-0.05, 0) is 48.4 Å². The van der Waals surface area contributed by atoms with Crippen molar-refractivity contribution in [3.05, 3.63) is 90.9 Å². The topological polar surface area (TPSA) is 114 Å². The lowest BCUT2D eigenvalue weighted by atomic mass is 10.1. The van der Waals surface area contributed by atoms with Crippen LogP contribution >= 0.6 is 0 Å². The fraction of sp³-hybridized carbons (Fsp3) is 0.154. The largest absolute Gasteiger partial charge is 0.497 e. The Hall–Kier alpha value is -4.31. The number of fused-ring (bicyclic) bond motifs is 1. The van der Waals surface area contributed by atoms with Crippen LogP contribution in [0.1, 0.15) is 11.5 Å². The van der Waals surface area contributed by atoms with Crippen molar-refractivity contribution in [2.24, 2.45) is 0 Å². The monoisotopic (exact) mass is 500 g/mol. The zero-order valence-electron chi connectivity index (χ0n) is 19.8. The van der Waals surface area contributed by atoms with E-state index in [4.69, 9.17) is 4.74 Å². The Labute approximate surface area is 208 Å². The van der Waals surface area contributed by atoms with Crippen LogP contribution in [0.3, 0.4) is 0 Å². The van der Waals surface area contributed by atoms with Crippen molar-refractivity contribution in [1.82, 2.24) is 24.9 Å². The van der Waals surface area contributed by atoms with E-state index in [9.17, 15) is 8.42 Å². The zero-order chi connectivity index (χ0) is 25.1. The maximum Gasteiger partial charge on any atom is 0.264 e. The predicted octanol–water partition coefficient (Wildman–Crippen LogP) is 4.03. The van der Waals surface area contributed by atoms with Crippen LogP contribution in [0.4, 0.5) is 5.69 Å². The quantitative estimate of drug-likeness (QED) is 0.342. The molecular weight excluding hydrogens is 476 g/mol. The highest BCUT2D eigenvalue weighted by molar-refractivity contribution is 7.92. The van der Waals surface area contributed by atoms with Gasteiger partial charge in [-0.25, -0.2) is 18.4 Å². The molecule has 4 aromatic heterocycles. The highest BCUT2D eigenvalue weighted by Gasteiger charge is 2.21. The second kappa shape index (κ2) is 9.74. The molecule has 1 N–H and O–H groups in total. The minimum Gasteiger partial charge on any atom is -0.497 e. The van der Waals surface area contributed by atoms with Gasteiger partial charge in [-0.3, -0.25) is 14.3 Å². The van der Waals surface area contributed by atoms with Gasteiger partial charge in [0.15, 0.2) is 5.65 Å². The standard InChI is InChI=1S/C26H24N6O3S/c1-32(21-9-12-27-13-10-21)36(33,34)23-6-3-18(4-7-23)19-15-24-26(29-17-19)31-25(30-24)8-5-20-16-22(35-2)11-14-28-20/h3-4,6-7,9-17H,5,8H2,1-2H3,(H,29,30,31). The van der Waals surface area contributed by atoms with Crippen LogP contribution < -0.4 is 9.04 Å². The Bertz CT molecular complexity index is 1600. The molecule has 0 amide bonds. The second-order valence-corrected chi connectivity index (χ2v) is 10.1. The van der Waals surface area contributed by atoms with Gasteiger partial charge < -0.3 is 9.72 Å². The molecule has 1 aromatic carbocycles. The molecule has 9 nitrogen and oxygen atoms in total. The molecule has 0 aliphatic heterocycles. The van der Waals surface area contributed by atoms with Crippen LogP contribution in [-0.2, 0) is 22.9 Å². The van der Waals surface area contributed by atoms with Gasteiger partial charge in [0, 0.05) is 55.6 Å². The first kappa shape index (κ1) is 23.4. The summed E-state index contributed by atoms with van der Waals surface area (Å²) in [6.07, 6.45) is 8.00. The number of nitrogens with zero attached hydrogens (tertiary/aromatic N) is 5. The summed E-state index contributed by atoms with van der Waals surface area (Å²) < 4.78 is 32.5. The SMILES string of the molecule is COc1ccnc(CCc2nc3cc(-c4ccc(S(=O)(=O)N(C)c5ccncc5)cc4)cnc3[nH]2)c1. The highest BCUT2D eigenvalue weighted by Crippen LogP contribution is 2.26. The smallest absolute Gasteiger partial charge is 0.264 e. The summed E-state index contributed by atoms with van der Waals surface area (Å²) in [5.74, 6) is 1.60. The molecule has 0 atom stereocenters. The molecular formula is C26H24N6O3S. The molecule has 0 aliphatic carbocycles. The summed E-state index contributed by atoms with van der Waals surface area (Å²) in [5, 5.41) is 0. The number of hydrogen-bond acceptors (Lipinski definition) is 7. The minimum atomic E-state index is -3.70. The number of imidazole rings is 1. The molecule has 0 unspecified atom stereocenters. The van der Waals surface area contributed by atoms with E-state index in [-0.39, 0.29) is 4.90 Å². The van der Waals surface area contributed by atoms with Gasteiger partial charge in [0.25, 0.3) is 10.0 Å². The van der Waals surface area contributed by atoms with E-state index in [1.54, 1.807) is 68.3 Å². The van der Waals surface area contributed by atoms with E-state index in [0.717, 1.165) is 33.9 Å². The second-order valence-electron chi connectivity index (χ2n) is 8.16. The lowest BCUT2D eigenvalue weighted by Gasteiger charge is -2.19. The Kier molecular flexibility index (Phi) is 6.34. The van der Waals surface area contributed by atoms with Crippen molar-refractivity contribution in [3.63, 3.8) is 0 Å². The van der Waals surface area contributed by atoms with Crippen LogP contribution in [0.2, 0.25) is 0 Å². The number of nitrogens with one attached hydrogen (secondary N) is 1. The van der Waals surface area contributed by atoms with Gasteiger partial charge in [0.1, 0.15) is 17.1 Å². The molecule has 5 rings (SSSR count). The number of aromatic amines is 1. The van der Waals surface area contributed by atoms with Crippen LogP contribution in [0, 0.1) is 0 Å². The van der Waals surface area contributed by atoms with Gasteiger partial charge in [0.2, 0.25) is 0 Å². The number of H-pyrrole nitrogens is 1. The molecule has 36 heavy (non-hydrogen) atoms. The van der Waals surface area contributed by atoms with E-state index in [2.05, 4.69) is 24.9 Å². The molecule has 0 saturated carbocycles. The summed E-state index contributed by atoms with van der Waals surface area (Å²) in [6, 6.07) is 15.7. The van der Waals surface area contributed by atoms with Crippen molar-refractivity contribution in [2.45, 2.75) is 17.7 Å². The normalized spacial score (nSPS) is 11.5. The molecule has 0 bridgehead atoms. The third kappa shape index (κ3) is 4.76. The lowest BCUT2D eigenvalue weighted by Crippen LogP contribution is -2.26. The Morgan fingerprint density at radius 1 is 0.917 bits per heavy atom. The van der Waals surface area contributed by atoms with Crippen LogP contribution in [0.5, 0.6) is 5.75 Å². The van der Waals surface area contributed by atoms with E-state index in [1.165, 1.54) is 11.4 Å². The van der Waals surface area contributed by atoms with E-state index in [1.807, 2.05) is 18.2 Å². The first-order valence-electron chi connectivity index (χ1n) is 11.3. The van der Waals surface area contributed by atoms with Gasteiger partial charge in [-0.15, -0.1) is 0 Å². The molecule has 0 aliphatic rings. The lowest BCUT2D eigenvalue weighted by molar-refractivity contribution is 0.413. The molecule has 0 fully saturated rings. The number of methoxy groups -OCH3 is 1. The van der Waals surface area contributed by atoms with Crippen LogP contribution in [0.25, 0.3) is 22.3 Å². The minimum absolute atomic E-state index is 0.202. The van der Waals surface area contributed by atoms with Crippen molar-refractivity contribution in [1.29, 1.82) is 0 Å². The van der Waals surface area contributed by atoms with Crippen molar-refractivity contribution in [2.75, 3.05) is 18.5 Å². The molecule has 0 spiro atoms. The van der Waals surface area contributed by atoms with Gasteiger partial charge in [-0.2, -0.15) is 0 Å². The number of rotatable bonds is 8. The fourth-order valence-electron chi connectivity index (χ4n) is 3.86. The first-order chi connectivity index (χ1) is 17.4. The van der Waals surface area contributed by atoms with E-state index < -0.39 is 10.0 Å². The molecule has 10 heteroatoms. The number of benzene rings is 1. The molecule has 182 valence electrons. The number of aromatic nitrogens is 5. The third-order valence-corrected chi connectivity index (χ3v) is 7.70. The summed E-state index contributed by atoms with van der Waals surface area (Å²) in [6.45, 7) is 0. The molecule has 0 saturated heterocycles. The third-order valence-electron chi connectivity index (χ3n) is 5.90. The Balaban J connectivity index is 1.33. The molecule has 5 aromatic rings. The zero-order valence-corrected chi connectivity index (χ0v) is 20.6. The van der Waals surface area contributed by atoms with Crippen molar-refractivity contribution in [3.8, 4) is 16.9 Å². The maximum absolute atomic E-state index is 13.0. The maximum atomic E-state index is 13.0. The van der Waals surface area contributed by atoms with Crippen molar-refractivity contribution < 1.29 is 13.2 Å². The van der Waals surface area contributed by atoms with Crippen molar-refractivity contribution >= 4 is 26.9 Å². The number of hydrogen-bond donors (Lipinski definition) is 1. The Morgan fingerprint density at radius 2 is 1.69 bits per heavy atom. The summed E-state index contributed by atoms with van der Waals surface area (Å²) in [7, 11) is -0.539. The van der Waals surface area contributed by atoms with Crippen LogP contribution in [-0.4, -0.2) is 47.5 Å². The number of ether oxygens (including phenoxy) is 1. The number of aryl methyl sites for hydroxylation is 2. The summed E-state index contributed by atoms with van der Waals surface area (Å²) in [5.41, 5.74) is 4.61. The molecule has 4 heterocycles. The number of pyridine rings is 3. The van der Waals surface area contributed by atoms with E-state index >= 15 is 0 Å². The average Bonchev–Trinajstić information content (AvgIpc) is 3.34. The highest BCUT2D eigenvalue weighted by atomic mass is 32.2. The number of sulfonamides is 1. The summed E-state index contributed by atoms with van der Waals surface area (Å²) >= 11 is 0. The van der Waals surface area contributed by atoms with Gasteiger partial charge >= 0.3 is 0 Å². The van der Waals surface area contributed by atoms with Gasteiger partial charge in [-0.1, -0.05) is 12.1 Å². The fourth-order valence-corrected chi connectivity index (χ4v) is 5.05. The first-order valence-corrected chi connectivity index (χ1v) is 12.7. The molecule has 0 radical (unpaired) electrons. The number of anilines is 1. The Morgan fingerprint density at radius 3 is 2.44 bits per heavy atom. The van der Waals surface area contributed by atoms with Crippen LogP contribution in [0.15, 0.2) is 84.3 Å². The van der Waals surface area contributed by atoms with E-state index in [0.29, 0.717) is 24.2 Å². The van der Waals surface area contributed by atoms with Gasteiger partial charge in [0.05, 0.1) is 17.7 Å². The average molecular weight is 501 g/mol. The summed E-state index contributed by atoms with van der Waals surface area (Å²) in [4.78, 5) is 21.0.